The van der Waals surface area contributed by atoms with Crippen molar-refractivity contribution < 1.29 is 13.2 Å². The summed E-state index contributed by atoms with van der Waals surface area (Å²) >= 11 is 6.02. The number of benzene rings is 1. The SMILES string of the molecule is CC(C)(C)N(CCC(=O)NCc1ccccc1Cl)S(C)(=O)=O. The number of halogens is 1. The van der Waals surface area contributed by atoms with Gasteiger partial charge in [-0.15, -0.1) is 0 Å². The van der Waals surface area contributed by atoms with Gasteiger partial charge in [0.2, 0.25) is 15.9 Å². The lowest BCUT2D eigenvalue weighted by molar-refractivity contribution is -0.121. The van der Waals surface area contributed by atoms with E-state index in [0.717, 1.165) is 11.8 Å². The molecule has 7 heteroatoms. The fourth-order valence-corrected chi connectivity index (χ4v) is 3.75. The lowest BCUT2D eigenvalue weighted by Gasteiger charge is -2.33. The van der Waals surface area contributed by atoms with Crippen molar-refractivity contribution >= 4 is 27.5 Å². The minimum Gasteiger partial charge on any atom is -0.352 e. The second-order valence-corrected chi connectivity index (χ2v) is 8.44. The largest absolute Gasteiger partial charge is 0.352 e. The zero-order valence-corrected chi connectivity index (χ0v) is 15.0. The molecule has 22 heavy (non-hydrogen) atoms. The van der Waals surface area contributed by atoms with Crippen LogP contribution < -0.4 is 5.32 Å². The average molecular weight is 347 g/mol. The molecule has 0 aliphatic heterocycles. The van der Waals surface area contributed by atoms with E-state index in [0.29, 0.717) is 11.6 Å². The maximum Gasteiger partial charge on any atom is 0.221 e. The molecule has 1 amide bonds. The summed E-state index contributed by atoms with van der Waals surface area (Å²) in [5.74, 6) is -0.210. The number of carbonyl (C=O) groups is 1. The fraction of sp³-hybridized carbons (Fsp3) is 0.533. The third-order valence-corrected chi connectivity index (χ3v) is 5.02. The summed E-state index contributed by atoms with van der Waals surface area (Å²) in [6.45, 7) is 5.88. The third-order valence-electron chi connectivity index (χ3n) is 3.12. The first-order valence-electron chi connectivity index (χ1n) is 7.00. The van der Waals surface area contributed by atoms with Gasteiger partial charge in [-0.2, -0.15) is 4.31 Å². The van der Waals surface area contributed by atoms with Gasteiger partial charge in [0.15, 0.2) is 0 Å². The fourth-order valence-electron chi connectivity index (χ4n) is 2.13. The van der Waals surface area contributed by atoms with Gasteiger partial charge in [0.25, 0.3) is 0 Å². The van der Waals surface area contributed by atoms with Crippen molar-refractivity contribution in [2.24, 2.45) is 0 Å². The molecule has 0 unspecified atom stereocenters. The Morgan fingerprint density at radius 2 is 1.86 bits per heavy atom. The van der Waals surface area contributed by atoms with Crippen LogP contribution in [0.5, 0.6) is 0 Å². The molecule has 0 aliphatic rings. The highest BCUT2D eigenvalue weighted by Crippen LogP contribution is 2.18. The quantitative estimate of drug-likeness (QED) is 0.860. The molecular formula is C15H23ClN2O3S. The number of amides is 1. The molecule has 1 rings (SSSR count). The average Bonchev–Trinajstić information content (AvgIpc) is 2.34. The molecule has 0 bridgehead atoms. The minimum atomic E-state index is -3.36. The molecule has 5 nitrogen and oxygen atoms in total. The second-order valence-electron chi connectivity index (χ2n) is 6.12. The van der Waals surface area contributed by atoms with Gasteiger partial charge in [-0.1, -0.05) is 29.8 Å². The Kier molecular flexibility index (Phi) is 6.40. The first-order valence-corrected chi connectivity index (χ1v) is 9.22. The number of sulfonamides is 1. The molecule has 0 fully saturated rings. The summed E-state index contributed by atoms with van der Waals surface area (Å²) in [4.78, 5) is 11.9. The van der Waals surface area contributed by atoms with Crippen LogP contribution in [0.2, 0.25) is 5.02 Å². The highest BCUT2D eigenvalue weighted by Gasteiger charge is 2.29. The van der Waals surface area contributed by atoms with E-state index in [2.05, 4.69) is 5.32 Å². The number of hydrogen-bond acceptors (Lipinski definition) is 3. The molecular weight excluding hydrogens is 324 g/mol. The van der Waals surface area contributed by atoms with Crippen LogP contribution in [0.4, 0.5) is 0 Å². The summed E-state index contributed by atoms with van der Waals surface area (Å²) < 4.78 is 24.9. The molecule has 124 valence electrons. The smallest absolute Gasteiger partial charge is 0.221 e. The van der Waals surface area contributed by atoms with Crippen molar-refractivity contribution in [1.82, 2.24) is 9.62 Å². The van der Waals surface area contributed by atoms with E-state index in [1.807, 2.05) is 18.2 Å². The van der Waals surface area contributed by atoms with Crippen molar-refractivity contribution in [2.75, 3.05) is 12.8 Å². The summed E-state index contributed by atoms with van der Waals surface area (Å²) in [7, 11) is -3.36. The second kappa shape index (κ2) is 7.44. The van der Waals surface area contributed by atoms with Gasteiger partial charge in [-0.3, -0.25) is 4.79 Å². The molecule has 0 heterocycles. The first kappa shape index (κ1) is 18.9. The van der Waals surface area contributed by atoms with E-state index in [-0.39, 0.29) is 18.9 Å². The van der Waals surface area contributed by atoms with E-state index in [1.165, 1.54) is 4.31 Å². The van der Waals surface area contributed by atoms with Crippen molar-refractivity contribution in [1.29, 1.82) is 0 Å². The summed E-state index contributed by atoms with van der Waals surface area (Å²) in [6, 6.07) is 7.26. The topological polar surface area (TPSA) is 66.5 Å². The Morgan fingerprint density at radius 3 is 2.36 bits per heavy atom. The van der Waals surface area contributed by atoms with Crippen LogP contribution in [0, 0.1) is 0 Å². The van der Waals surface area contributed by atoms with Gasteiger partial charge in [-0.05, 0) is 32.4 Å². The van der Waals surface area contributed by atoms with Gasteiger partial charge < -0.3 is 5.32 Å². The highest BCUT2D eigenvalue weighted by molar-refractivity contribution is 7.88. The standard InChI is InChI=1S/C15H23ClN2O3S/c1-15(2,3)18(22(4,20)21)10-9-14(19)17-11-12-7-5-6-8-13(12)16/h5-8H,9-11H2,1-4H3,(H,17,19). The lowest BCUT2D eigenvalue weighted by Crippen LogP contribution is -2.46. The van der Waals surface area contributed by atoms with Crippen molar-refractivity contribution in [3.63, 3.8) is 0 Å². The Balaban J connectivity index is 2.57. The zero-order chi connectivity index (χ0) is 17.0. The Bertz CT molecular complexity index is 624. The molecule has 1 N–H and O–H groups in total. The Labute approximate surface area is 137 Å². The van der Waals surface area contributed by atoms with E-state index in [4.69, 9.17) is 11.6 Å². The van der Waals surface area contributed by atoms with Crippen LogP contribution in [-0.4, -0.2) is 37.0 Å². The van der Waals surface area contributed by atoms with Crippen molar-refractivity contribution in [3.05, 3.63) is 34.9 Å². The molecule has 1 aromatic rings. The van der Waals surface area contributed by atoms with Gasteiger partial charge in [0.05, 0.1) is 6.26 Å². The Hall–Kier alpha value is -1.11. The predicted octanol–water partition coefficient (Wildman–Crippen LogP) is 2.41. The molecule has 0 atom stereocenters. The molecule has 0 saturated heterocycles. The zero-order valence-electron chi connectivity index (χ0n) is 13.4. The van der Waals surface area contributed by atoms with Crippen LogP contribution in [0.15, 0.2) is 24.3 Å². The maximum atomic E-state index is 11.9. The van der Waals surface area contributed by atoms with E-state index in [9.17, 15) is 13.2 Å². The van der Waals surface area contributed by atoms with Gasteiger partial charge in [0.1, 0.15) is 0 Å². The first-order chi connectivity index (χ1) is 10.0. The van der Waals surface area contributed by atoms with Crippen LogP contribution in [0.25, 0.3) is 0 Å². The molecule has 0 aromatic heterocycles. The minimum absolute atomic E-state index is 0.106. The Morgan fingerprint density at radius 1 is 1.27 bits per heavy atom. The van der Waals surface area contributed by atoms with Crippen LogP contribution in [0.1, 0.15) is 32.8 Å². The molecule has 0 spiro atoms. The molecule has 0 saturated carbocycles. The van der Waals surface area contributed by atoms with Gasteiger partial charge >= 0.3 is 0 Å². The summed E-state index contributed by atoms with van der Waals surface area (Å²) in [5, 5.41) is 3.35. The number of hydrogen-bond donors (Lipinski definition) is 1. The van der Waals surface area contributed by atoms with Crippen LogP contribution in [-0.2, 0) is 21.4 Å². The molecule has 0 aliphatic carbocycles. The third kappa shape index (κ3) is 5.94. The van der Waals surface area contributed by atoms with Crippen molar-refractivity contribution in [2.45, 2.75) is 39.3 Å². The predicted molar refractivity (Wildman–Crippen MR) is 89.2 cm³/mol. The number of nitrogens with one attached hydrogen (secondary N) is 1. The highest BCUT2D eigenvalue weighted by atomic mass is 35.5. The maximum absolute atomic E-state index is 11.9. The van der Waals surface area contributed by atoms with Gasteiger partial charge in [-0.25, -0.2) is 8.42 Å². The summed E-state index contributed by atoms with van der Waals surface area (Å²) in [6.07, 6.45) is 1.26. The van der Waals surface area contributed by atoms with Crippen LogP contribution in [0.3, 0.4) is 0 Å². The number of nitrogens with zero attached hydrogens (tertiary/aromatic N) is 1. The van der Waals surface area contributed by atoms with Gasteiger partial charge in [0, 0.05) is 30.1 Å². The monoisotopic (exact) mass is 346 g/mol. The number of carbonyl (C=O) groups excluding carboxylic acids is 1. The van der Waals surface area contributed by atoms with Crippen LogP contribution >= 0.6 is 11.6 Å². The summed E-state index contributed by atoms with van der Waals surface area (Å²) in [5.41, 5.74) is 0.268. The lowest BCUT2D eigenvalue weighted by atomic mass is 10.1. The van der Waals surface area contributed by atoms with E-state index in [1.54, 1.807) is 26.8 Å². The molecule has 0 radical (unpaired) electrons. The molecule has 1 aromatic carbocycles. The van der Waals surface area contributed by atoms with E-state index >= 15 is 0 Å². The normalized spacial score (nSPS) is 12.5. The van der Waals surface area contributed by atoms with E-state index < -0.39 is 15.6 Å². The van der Waals surface area contributed by atoms with Crippen molar-refractivity contribution in [3.8, 4) is 0 Å². The number of rotatable bonds is 6.